The van der Waals surface area contributed by atoms with Gasteiger partial charge in [-0.15, -0.1) is 0 Å². The van der Waals surface area contributed by atoms with Crippen LogP contribution in [0.15, 0.2) is 23.1 Å². The molecule has 2 atom stereocenters. The Morgan fingerprint density at radius 3 is 2.49 bits per heavy atom. The van der Waals surface area contributed by atoms with E-state index in [-0.39, 0.29) is 32.4 Å². The Morgan fingerprint density at radius 1 is 1.22 bits per heavy atom. The molecule has 0 saturated carbocycles. The maximum atomic E-state index is 15.9. The number of benzene rings is 2. The fourth-order valence-corrected chi connectivity index (χ4v) is 5.57. The van der Waals surface area contributed by atoms with E-state index in [2.05, 4.69) is 15.3 Å². The van der Waals surface area contributed by atoms with Crippen molar-refractivity contribution in [1.29, 1.82) is 5.26 Å². The van der Waals surface area contributed by atoms with Crippen LogP contribution in [0.1, 0.15) is 43.6 Å². The molecule has 0 aliphatic carbocycles. The van der Waals surface area contributed by atoms with Crippen LogP contribution in [-0.2, 0) is 10.9 Å². The first-order valence-electron chi connectivity index (χ1n) is 10.7. The van der Waals surface area contributed by atoms with Crippen LogP contribution in [0.3, 0.4) is 0 Å². The molecule has 6 nitrogen and oxygen atoms in total. The number of aromatic nitrogens is 2. The SMILES string of the molecule is Cc1nc(Cl)c2cc(C(F)(F)F)c(-c3ccc(F)c4c3C(C#N)C(NC(=O)OC(C)(C)C)S4)c(F)c2n1. The average molecular weight is 557 g/mol. The highest BCUT2D eigenvalue weighted by Gasteiger charge is 2.43. The number of nitrogens with zero attached hydrogens (tertiary/aromatic N) is 3. The summed E-state index contributed by atoms with van der Waals surface area (Å²) in [6.07, 6.45) is -5.96. The topological polar surface area (TPSA) is 87.9 Å². The molecule has 37 heavy (non-hydrogen) atoms. The monoisotopic (exact) mass is 556 g/mol. The normalized spacial score (nSPS) is 17.4. The second-order valence-corrected chi connectivity index (χ2v) is 10.7. The van der Waals surface area contributed by atoms with Crippen molar-refractivity contribution >= 4 is 40.4 Å². The lowest BCUT2D eigenvalue weighted by atomic mass is 9.87. The van der Waals surface area contributed by atoms with Gasteiger partial charge in [0.05, 0.1) is 16.5 Å². The number of carbonyl (C=O) groups is 1. The summed E-state index contributed by atoms with van der Waals surface area (Å²) in [7, 11) is 0. The molecule has 1 N–H and O–H groups in total. The first-order valence-corrected chi connectivity index (χ1v) is 12.0. The summed E-state index contributed by atoms with van der Waals surface area (Å²) in [6, 6.07) is 4.39. The number of halogens is 6. The van der Waals surface area contributed by atoms with Crippen LogP contribution in [0.25, 0.3) is 22.0 Å². The minimum absolute atomic E-state index is 0.0264. The summed E-state index contributed by atoms with van der Waals surface area (Å²) in [5.41, 5.74) is -4.19. The zero-order valence-electron chi connectivity index (χ0n) is 19.7. The van der Waals surface area contributed by atoms with Crippen molar-refractivity contribution in [2.45, 2.75) is 55.7 Å². The number of nitriles is 1. The van der Waals surface area contributed by atoms with Gasteiger partial charge < -0.3 is 10.1 Å². The van der Waals surface area contributed by atoms with E-state index in [9.17, 15) is 27.6 Å². The molecular formula is C24H18ClF5N4O2S. The molecule has 0 bridgehead atoms. The van der Waals surface area contributed by atoms with E-state index in [0.717, 1.165) is 23.9 Å². The zero-order chi connectivity index (χ0) is 27.4. The van der Waals surface area contributed by atoms with Crippen LogP contribution in [0.2, 0.25) is 5.15 Å². The molecule has 194 valence electrons. The lowest BCUT2D eigenvalue weighted by Crippen LogP contribution is -2.38. The van der Waals surface area contributed by atoms with E-state index in [1.165, 1.54) is 6.92 Å². The predicted molar refractivity (Wildman–Crippen MR) is 127 cm³/mol. The first-order chi connectivity index (χ1) is 17.1. The summed E-state index contributed by atoms with van der Waals surface area (Å²) in [4.78, 5) is 19.9. The minimum atomic E-state index is -5.05. The van der Waals surface area contributed by atoms with Crippen molar-refractivity contribution in [1.82, 2.24) is 15.3 Å². The highest BCUT2D eigenvalue weighted by molar-refractivity contribution is 8.00. The second kappa shape index (κ2) is 9.29. The van der Waals surface area contributed by atoms with Crippen LogP contribution in [0.4, 0.5) is 26.7 Å². The minimum Gasteiger partial charge on any atom is -0.444 e. The number of amides is 1. The summed E-state index contributed by atoms with van der Waals surface area (Å²) >= 11 is 6.72. The van der Waals surface area contributed by atoms with Crippen LogP contribution >= 0.6 is 23.4 Å². The van der Waals surface area contributed by atoms with E-state index in [1.54, 1.807) is 20.8 Å². The number of alkyl halides is 3. The Bertz CT molecular complexity index is 1480. The van der Waals surface area contributed by atoms with Gasteiger partial charge in [0.2, 0.25) is 0 Å². The molecule has 13 heteroatoms. The van der Waals surface area contributed by atoms with Crippen LogP contribution in [-0.4, -0.2) is 27.0 Å². The highest BCUT2D eigenvalue weighted by atomic mass is 35.5. The number of hydrogen-bond acceptors (Lipinski definition) is 6. The lowest BCUT2D eigenvalue weighted by Gasteiger charge is -2.23. The Morgan fingerprint density at radius 2 is 1.89 bits per heavy atom. The van der Waals surface area contributed by atoms with Gasteiger partial charge in [0.25, 0.3) is 0 Å². The van der Waals surface area contributed by atoms with Gasteiger partial charge in [-0.3, -0.25) is 0 Å². The number of hydrogen-bond donors (Lipinski definition) is 1. The molecule has 3 aromatic rings. The Kier molecular flexibility index (Phi) is 6.75. The van der Waals surface area contributed by atoms with Crippen molar-refractivity contribution in [3.05, 3.63) is 51.9 Å². The Balaban J connectivity index is 1.96. The van der Waals surface area contributed by atoms with Crippen molar-refractivity contribution in [2.24, 2.45) is 0 Å². The van der Waals surface area contributed by atoms with E-state index < -0.39 is 57.4 Å². The molecule has 0 fully saturated rings. The largest absolute Gasteiger partial charge is 0.444 e. The third-order valence-corrected chi connectivity index (χ3v) is 6.96. The third kappa shape index (κ3) is 5.02. The summed E-state index contributed by atoms with van der Waals surface area (Å²) in [5.74, 6) is -3.49. The quantitative estimate of drug-likeness (QED) is 0.267. The molecule has 2 aromatic carbocycles. The molecule has 4 rings (SSSR count). The molecule has 2 unspecified atom stereocenters. The standard InChI is InChI=1S/C24H18ClF5N4O2S/c1-9-32-18-11(20(25)33-9)7-13(24(28,29)30)16(17(18)27)10-5-6-14(26)19-15(10)12(8-31)21(37-19)34-22(35)36-23(2,3)4/h5-7,12,21H,1-4H3,(H,34,35). The fourth-order valence-electron chi connectivity index (χ4n) is 4.02. The number of thioether (sulfide) groups is 1. The fraction of sp³-hybridized carbons (Fsp3) is 0.333. The maximum absolute atomic E-state index is 15.9. The van der Waals surface area contributed by atoms with Gasteiger partial charge in [0.15, 0.2) is 5.82 Å². The van der Waals surface area contributed by atoms with E-state index >= 15 is 4.39 Å². The van der Waals surface area contributed by atoms with Crippen LogP contribution < -0.4 is 5.32 Å². The number of aryl methyl sites for hydroxylation is 1. The molecular weight excluding hydrogens is 539 g/mol. The first kappa shape index (κ1) is 26.9. The van der Waals surface area contributed by atoms with E-state index in [1.807, 2.05) is 6.07 Å². The van der Waals surface area contributed by atoms with Gasteiger partial charge in [0, 0.05) is 10.9 Å². The zero-order valence-corrected chi connectivity index (χ0v) is 21.3. The predicted octanol–water partition coefficient (Wildman–Crippen LogP) is 7.12. The number of ether oxygens (including phenoxy) is 1. The summed E-state index contributed by atoms with van der Waals surface area (Å²) in [5, 5.41) is 10.5. The van der Waals surface area contributed by atoms with Gasteiger partial charge >= 0.3 is 12.3 Å². The van der Waals surface area contributed by atoms with Crippen molar-refractivity contribution < 1.29 is 31.5 Å². The highest BCUT2D eigenvalue weighted by Crippen LogP contribution is 2.52. The van der Waals surface area contributed by atoms with Gasteiger partial charge in [-0.2, -0.15) is 18.4 Å². The van der Waals surface area contributed by atoms with E-state index in [0.29, 0.717) is 6.07 Å². The van der Waals surface area contributed by atoms with Crippen molar-refractivity contribution in [3.8, 4) is 17.2 Å². The van der Waals surface area contributed by atoms with Crippen LogP contribution in [0.5, 0.6) is 0 Å². The lowest BCUT2D eigenvalue weighted by molar-refractivity contribution is -0.137. The molecule has 2 heterocycles. The van der Waals surface area contributed by atoms with Crippen molar-refractivity contribution in [3.63, 3.8) is 0 Å². The number of nitrogens with one attached hydrogen (secondary N) is 1. The maximum Gasteiger partial charge on any atom is 0.417 e. The summed E-state index contributed by atoms with van der Waals surface area (Å²) in [6.45, 7) is 6.23. The number of rotatable bonds is 2. The Labute approximate surface area is 217 Å². The second-order valence-electron chi connectivity index (χ2n) is 9.20. The number of carbonyl (C=O) groups excluding carboxylic acids is 1. The van der Waals surface area contributed by atoms with Crippen LogP contribution in [0, 0.1) is 29.9 Å². The molecule has 1 amide bonds. The van der Waals surface area contributed by atoms with Gasteiger partial charge in [-0.05, 0) is 51.0 Å². The number of alkyl carbamates (subject to hydrolysis) is 1. The van der Waals surface area contributed by atoms with Gasteiger partial charge in [-0.1, -0.05) is 29.4 Å². The molecule has 1 aromatic heterocycles. The average Bonchev–Trinajstić information content (AvgIpc) is 3.11. The van der Waals surface area contributed by atoms with Gasteiger partial charge in [-0.25, -0.2) is 23.5 Å². The van der Waals surface area contributed by atoms with Gasteiger partial charge in [0.1, 0.15) is 39.2 Å². The molecule has 1 aliphatic rings. The number of fused-ring (bicyclic) bond motifs is 2. The van der Waals surface area contributed by atoms with E-state index in [4.69, 9.17) is 16.3 Å². The molecule has 0 radical (unpaired) electrons. The third-order valence-electron chi connectivity index (χ3n) is 5.38. The summed E-state index contributed by atoms with van der Waals surface area (Å²) < 4.78 is 78.5. The van der Waals surface area contributed by atoms with Crippen molar-refractivity contribution in [2.75, 3.05) is 0 Å². The Hall–Kier alpha value is -3.17. The molecule has 1 aliphatic heterocycles. The molecule has 0 saturated heterocycles. The smallest absolute Gasteiger partial charge is 0.417 e. The molecule has 0 spiro atoms.